The highest BCUT2D eigenvalue weighted by atomic mass is 32.2. The van der Waals surface area contributed by atoms with Gasteiger partial charge in [-0.2, -0.15) is 0 Å². The second kappa shape index (κ2) is 30.6. The van der Waals surface area contributed by atoms with Crippen LogP contribution in [0.2, 0.25) is 0 Å². The lowest BCUT2D eigenvalue weighted by Crippen LogP contribution is -2.48. The van der Waals surface area contributed by atoms with Gasteiger partial charge in [0.1, 0.15) is 37.1 Å². The fourth-order valence-corrected chi connectivity index (χ4v) is 10.1. The predicted molar refractivity (Wildman–Crippen MR) is 273 cm³/mol. The number of methoxy groups -OCH3 is 1. The zero-order chi connectivity index (χ0) is 50.1. The molecule has 6 aromatic carbocycles. The molecule has 0 radical (unpaired) electrons. The minimum absolute atomic E-state index is 0.0135. The highest BCUT2D eigenvalue weighted by molar-refractivity contribution is 7.97. The van der Waals surface area contributed by atoms with Crippen molar-refractivity contribution in [3.8, 4) is 0 Å². The molecule has 6 aromatic rings. The van der Waals surface area contributed by atoms with Crippen molar-refractivity contribution in [3.05, 3.63) is 215 Å². The van der Waals surface area contributed by atoms with Crippen molar-refractivity contribution < 1.29 is 64.4 Å². The second-order valence-electron chi connectivity index (χ2n) is 16.4. The van der Waals surface area contributed by atoms with E-state index in [1.54, 1.807) is 0 Å². The first-order valence-corrected chi connectivity index (χ1v) is 27.0. The average Bonchev–Trinajstić information content (AvgIpc) is 3.76. The zero-order valence-electron chi connectivity index (χ0n) is 40.0. The summed E-state index contributed by atoms with van der Waals surface area (Å²) < 4.78 is 103. The summed E-state index contributed by atoms with van der Waals surface area (Å²) >= 11 is 0.750. The Morgan fingerprint density at radius 3 is 1.50 bits per heavy atom. The van der Waals surface area contributed by atoms with Gasteiger partial charge in [-0.15, -0.1) is 9.05 Å². The van der Waals surface area contributed by atoms with Crippen LogP contribution >= 0.6 is 28.1 Å². The summed E-state index contributed by atoms with van der Waals surface area (Å²) in [6, 6.07) is 57.2. The van der Waals surface area contributed by atoms with Gasteiger partial charge in [0.2, 0.25) is 0 Å². The van der Waals surface area contributed by atoms with Crippen LogP contribution in [0, 0.1) is 0 Å². The quantitative estimate of drug-likeness (QED) is 0.0234. The van der Waals surface area contributed by atoms with Gasteiger partial charge in [-0.3, -0.25) is 9.05 Å². The zero-order valence-corrected chi connectivity index (χ0v) is 42.6. The molecular formula is C54H62NO14P2S+. The maximum Gasteiger partial charge on any atom is 0.698 e. The summed E-state index contributed by atoms with van der Waals surface area (Å²) in [5.41, 5.74) is 10.9. The molecule has 1 heterocycles. The lowest BCUT2D eigenvalue weighted by atomic mass is 10.1. The van der Waals surface area contributed by atoms with Crippen LogP contribution in [0.3, 0.4) is 0 Å². The highest BCUT2D eigenvalue weighted by Crippen LogP contribution is 2.53. The highest BCUT2D eigenvalue weighted by Gasteiger charge is 2.52. The maximum absolute atomic E-state index is 14.4. The molecule has 1 aliphatic rings. The second-order valence-corrected chi connectivity index (χ2v) is 19.9. The number of phosphoric acid groups is 1. The molecule has 1 aliphatic heterocycles. The normalized spacial score (nSPS) is 19.1. The minimum Gasteiger partial charge on any atom is -0.374 e. The van der Waals surface area contributed by atoms with Crippen LogP contribution < -0.4 is 5.73 Å². The van der Waals surface area contributed by atoms with E-state index < -0.39 is 59.0 Å². The molecule has 1 fully saturated rings. The van der Waals surface area contributed by atoms with Crippen LogP contribution in [0.15, 0.2) is 182 Å². The molecule has 382 valence electrons. The van der Waals surface area contributed by atoms with Crippen LogP contribution in [-0.4, -0.2) is 75.7 Å². The maximum atomic E-state index is 14.4. The Balaban J connectivity index is 1.17. The van der Waals surface area contributed by atoms with Gasteiger partial charge in [0.15, 0.2) is 12.4 Å². The standard InChI is InChI=1S/C54H62NO14P2S/c1-58-53-52(68-70(56)64-36-46-28-16-6-17-29-46)50(38-59-32-42-20-8-2-9-21-42)67-54(53)63-39-48(60-33-43-22-10-3-11-23-43)51(62-35-45-26-14-5-15-27-45)49(61-34-44-24-12-4-13-25-44)40-66-71(57,69-72-41-55)65-37-47-30-18-7-19-31-47/h2-31,48-54H,32-41,55H2,1H3/q+1. The SMILES string of the molecule is COC1C(OCC(OCc2ccccc2)C(OCc2ccccc2)C(COP(=O)(OCc2ccccc2)OSCN)OCc2ccccc2)OC(COCc2ccccc2)C1O[P+](=O)OCc1ccccc1. The van der Waals surface area contributed by atoms with Crippen molar-refractivity contribution >= 4 is 28.1 Å². The average molecular weight is 1040 g/mol. The van der Waals surface area contributed by atoms with Crippen molar-refractivity contribution in [2.75, 3.05) is 32.8 Å². The number of ether oxygens (including phenoxy) is 7. The summed E-state index contributed by atoms with van der Waals surface area (Å²) in [7, 11) is -5.47. The van der Waals surface area contributed by atoms with Crippen LogP contribution in [-0.2, 0) is 104 Å². The molecule has 0 saturated carbocycles. The lowest BCUT2D eigenvalue weighted by molar-refractivity contribution is -0.219. The first-order chi connectivity index (χ1) is 35.4. The van der Waals surface area contributed by atoms with Crippen LogP contribution in [0.5, 0.6) is 0 Å². The van der Waals surface area contributed by atoms with Gasteiger partial charge in [-0.1, -0.05) is 182 Å². The van der Waals surface area contributed by atoms with E-state index in [0.29, 0.717) is 0 Å². The molecule has 9 atom stereocenters. The Morgan fingerprint density at radius 2 is 1.01 bits per heavy atom. The van der Waals surface area contributed by atoms with E-state index in [0.717, 1.165) is 45.4 Å². The molecule has 0 bridgehead atoms. The summed E-state index contributed by atoms with van der Waals surface area (Å²) in [6.07, 6.45) is -6.66. The fourth-order valence-electron chi connectivity index (χ4n) is 7.54. The minimum atomic E-state index is -4.30. The van der Waals surface area contributed by atoms with Crippen molar-refractivity contribution in [1.82, 2.24) is 0 Å². The first-order valence-electron chi connectivity index (χ1n) is 23.5. The summed E-state index contributed by atoms with van der Waals surface area (Å²) in [5, 5.41) is 0. The monoisotopic (exact) mass is 1040 g/mol. The van der Waals surface area contributed by atoms with Crippen molar-refractivity contribution in [2.45, 2.75) is 82.6 Å². The molecular weight excluding hydrogens is 981 g/mol. The first kappa shape index (κ1) is 55.2. The van der Waals surface area contributed by atoms with Crippen LogP contribution in [0.25, 0.3) is 0 Å². The molecule has 0 aliphatic carbocycles. The van der Waals surface area contributed by atoms with Gasteiger partial charge in [0, 0.05) is 23.7 Å². The van der Waals surface area contributed by atoms with Gasteiger partial charge >= 0.3 is 16.1 Å². The van der Waals surface area contributed by atoms with E-state index >= 15 is 0 Å². The third kappa shape index (κ3) is 18.4. The topological polar surface area (TPSA) is 171 Å². The Bertz CT molecular complexity index is 2460. The summed E-state index contributed by atoms with van der Waals surface area (Å²) in [4.78, 5) is 0. The molecule has 1 saturated heterocycles. The number of phosphoric ester groups is 1. The van der Waals surface area contributed by atoms with E-state index in [1.807, 2.05) is 182 Å². The molecule has 2 N–H and O–H groups in total. The number of nitrogens with two attached hydrogens (primary N) is 1. The number of benzene rings is 6. The molecule has 9 unspecified atom stereocenters. The smallest absolute Gasteiger partial charge is 0.374 e. The summed E-state index contributed by atoms with van der Waals surface area (Å²) in [5.74, 6) is -0.0135. The molecule has 18 heteroatoms. The van der Waals surface area contributed by atoms with Crippen molar-refractivity contribution in [2.24, 2.45) is 5.73 Å². The van der Waals surface area contributed by atoms with E-state index in [2.05, 4.69) is 0 Å². The Kier molecular flexibility index (Phi) is 23.5. The Hall–Kier alpha value is -4.52. The van der Waals surface area contributed by atoms with E-state index in [-0.39, 0.29) is 65.3 Å². The summed E-state index contributed by atoms with van der Waals surface area (Å²) in [6.45, 7) is 0.195. The number of hydrogen-bond acceptors (Lipinski definition) is 16. The predicted octanol–water partition coefficient (Wildman–Crippen LogP) is 10.9. The van der Waals surface area contributed by atoms with Gasteiger partial charge in [-0.05, 0) is 33.4 Å². The largest absolute Gasteiger partial charge is 0.698 e. The number of hydrogen-bond donors (Lipinski definition) is 1. The molecule has 15 nitrogen and oxygen atoms in total. The van der Waals surface area contributed by atoms with Gasteiger partial charge in [0.05, 0.1) is 58.7 Å². The molecule has 0 aromatic heterocycles. The van der Waals surface area contributed by atoms with Gasteiger partial charge in [0.25, 0.3) is 0 Å². The van der Waals surface area contributed by atoms with Crippen LogP contribution in [0.4, 0.5) is 0 Å². The van der Waals surface area contributed by atoms with E-state index in [4.69, 9.17) is 61.0 Å². The Labute approximate surface area is 427 Å². The molecule has 0 spiro atoms. The van der Waals surface area contributed by atoms with E-state index in [1.165, 1.54) is 7.11 Å². The lowest BCUT2D eigenvalue weighted by Gasteiger charge is -2.34. The Morgan fingerprint density at radius 1 is 0.569 bits per heavy atom. The number of rotatable bonds is 33. The van der Waals surface area contributed by atoms with E-state index in [9.17, 15) is 9.13 Å². The van der Waals surface area contributed by atoms with Crippen molar-refractivity contribution in [3.63, 3.8) is 0 Å². The molecule has 0 amide bonds. The molecule has 7 rings (SSSR count). The van der Waals surface area contributed by atoms with Crippen molar-refractivity contribution in [1.29, 1.82) is 0 Å². The van der Waals surface area contributed by atoms with Crippen LogP contribution in [0.1, 0.15) is 33.4 Å². The third-order valence-corrected chi connectivity index (χ3v) is 14.2. The molecule has 72 heavy (non-hydrogen) atoms. The van der Waals surface area contributed by atoms with Gasteiger partial charge in [-0.25, -0.2) is 8.54 Å². The van der Waals surface area contributed by atoms with Gasteiger partial charge < -0.3 is 38.9 Å². The third-order valence-electron chi connectivity index (χ3n) is 11.2. The fraction of sp³-hybridized carbons (Fsp3) is 0.333.